The van der Waals surface area contributed by atoms with Gasteiger partial charge in [-0.05, 0) is 25.0 Å². The molecule has 0 bridgehead atoms. The fourth-order valence-corrected chi connectivity index (χ4v) is 1.56. The minimum atomic E-state index is -0.566. The van der Waals surface area contributed by atoms with Crippen LogP contribution in [-0.4, -0.2) is 17.8 Å². The largest absolute Gasteiger partial charge is 0.392 e. The lowest BCUT2D eigenvalue weighted by atomic mass is 10.0. The smallest absolute Gasteiger partial charge is 0.130 e. The molecule has 17 heavy (non-hydrogen) atoms. The lowest BCUT2D eigenvalue weighted by molar-refractivity contribution is 0.120. The van der Waals surface area contributed by atoms with Crippen LogP contribution in [0.25, 0.3) is 0 Å². The third-order valence-corrected chi connectivity index (χ3v) is 2.84. The van der Waals surface area contributed by atoms with Crippen molar-refractivity contribution in [3.8, 4) is 0 Å². The van der Waals surface area contributed by atoms with Crippen LogP contribution in [0, 0.1) is 17.6 Å². The maximum Gasteiger partial charge on any atom is 0.130 e. The molecule has 0 aliphatic heterocycles. The van der Waals surface area contributed by atoms with Gasteiger partial charge in [-0.25, -0.2) is 8.78 Å². The molecule has 1 rings (SSSR count). The zero-order valence-electron chi connectivity index (χ0n) is 10.4. The van der Waals surface area contributed by atoms with Crippen LogP contribution in [0.2, 0.25) is 0 Å². The third-order valence-electron chi connectivity index (χ3n) is 2.84. The number of rotatable bonds is 5. The topological polar surface area (TPSA) is 32.3 Å². The van der Waals surface area contributed by atoms with Gasteiger partial charge in [0.05, 0.1) is 6.10 Å². The summed E-state index contributed by atoms with van der Waals surface area (Å²) in [5, 5.41) is 12.5. The Morgan fingerprint density at radius 3 is 2.18 bits per heavy atom. The number of nitrogens with one attached hydrogen (secondary N) is 1. The van der Waals surface area contributed by atoms with Crippen LogP contribution in [-0.2, 0) is 0 Å². The van der Waals surface area contributed by atoms with E-state index in [4.69, 9.17) is 0 Å². The van der Waals surface area contributed by atoms with E-state index in [9.17, 15) is 13.9 Å². The van der Waals surface area contributed by atoms with Gasteiger partial charge in [-0.1, -0.05) is 19.9 Å². The fourth-order valence-electron chi connectivity index (χ4n) is 1.56. The number of halogens is 2. The zero-order valence-corrected chi connectivity index (χ0v) is 10.4. The summed E-state index contributed by atoms with van der Waals surface area (Å²) >= 11 is 0. The molecule has 0 spiro atoms. The van der Waals surface area contributed by atoms with Crippen LogP contribution in [0.1, 0.15) is 32.4 Å². The van der Waals surface area contributed by atoms with E-state index < -0.39 is 23.8 Å². The van der Waals surface area contributed by atoms with Gasteiger partial charge in [0, 0.05) is 18.2 Å². The van der Waals surface area contributed by atoms with Crippen molar-refractivity contribution < 1.29 is 13.9 Å². The van der Waals surface area contributed by atoms with E-state index in [0.29, 0.717) is 6.54 Å². The summed E-state index contributed by atoms with van der Waals surface area (Å²) in [6.45, 7) is 5.77. The molecule has 2 N–H and O–H groups in total. The van der Waals surface area contributed by atoms with Crippen molar-refractivity contribution in [1.82, 2.24) is 5.32 Å². The standard InChI is InChI=1S/C13H19F2NO/c1-8(2)12(17)7-16-9(3)13-10(14)5-4-6-11(13)15/h4-6,8-9,12,16-17H,7H2,1-3H3. The predicted octanol–water partition coefficient (Wildman–Crippen LogP) is 2.63. The number of aliphatic hydroxyl groups excluding tert-OH is 1. The Balaban J connectivity index is 2.67. The van der Waals surface area contributed by atoms with Crippen molar-refractivity contribution in [1.29, 1.82) is 0 Å². The van der Waals surface area contributed by atoms with Gasteiger partial charge in [0.1, 0.15) is 11.6 Å². The molecule has 0 saturated carbocycles. The van der Waals surface area contributed by atoms with Crippen molar-refractivity contribution >= 4 is 0 Å². The molecule has 1 aromatic rings. The van der Waals surface area contributed by atoms with Crippen molar-refractivity contribution in [2.45, 2.75) is 32.9 Å². The van der Waals surface area contributed by atoms with Crippen LogP contribution >= 0.6 is 0 Å². The van der Waals surface area contributed by atoms with Gasteiger partial charge in [-0.2, -0.15) is 0 Å². The molecule has 0 radical (unpaired) electrons. The van der Waals surface area contributed by atoms with Crippen LogP contribution in [0.4, 0.5) is 8.78 Å². The van der Waals surface area contributed by atoms with Crippen molar-refractivity contribution in [2.24, 2.45) is 5.92 Å². The number of hydrogen-bond acceptors (Lipinski definition) is 2. The molecule has 1 aromatic carbocycles. The van der Waals surface area contributed by atoms with Crippen molar-refractivity contribution in [3.63, 3.8) is 0 Å². The summed E-state index contributed by atoms with van der Waals surface area (Å²) in [7, 11) is 0. The van der Waals surface area contributed by atoms with E-state index in [1.807, 2.05) is 13.8 Å². The van der Waals surface area contributed by atoms with Crippen molar-refractivity contribution in [2.75, 3.05) is 6.54 Å². The van der Waals surface area contributed by atoms with Crippen LogP contribution in [0.5, 0.6) is 0 Å². The van der Waals surface area contributed by atoms with Gasteiger partial charge in [-0.3, -0.25) is 0 Å². The van der Waals surface area contributed by atoms with E-state index in [1.54, 1.807) is 6.92 Å². The first-order valence-corrected chi connectivity index (χ1v) is 5.78. The highest BCUT2D eigenvalue weighted by Crippen LogP contribution is 2.20. The SMILES string of the molecule is CC(NCC(O)C(C)C)c1c(F)cccc1F. The Hall–Kier alpha value is -1.00. The van der Waals surface area contributed by atoms with Gasteiger partial charge in [-0.15, -0.1) is 0 Å². The van der Waals surface area contributed by atoms with Crippen LogP contribution in [0.3, 0.4) is 0 Å². The summed E-state index contributed by atoms with van der Waals surface area (Å²) in [5.74, 6) is -1.02. The Morgan fingerprint density at radius 2 is 1.71 bits per heavy atom. The Bertz CT molecular complexity index is 348. The van der Waals surface area contributed by atoms with Gasteiger partial charge in [0.15, 0.2) is 0 Å². The van der Waals surface area contributed by atoms with E-state index in [1.165, 1.54) is 18.2 Å². The normalized spacial score (nSPS) is 15.0. The molecule has 0 amide bonds. The minimum Gasteiger partial charge on any atom is -0.392 e. The first-order valence-electron chi connectivity index (χ1n) is 5.78. The Morgan fingerprint density at radius 1 is 1.18 bits per heavy atom. The molecule has 96 valence electrons. The second-order valence-electron chi connectivity index (χ2n) is 4.58. The second-order valence-corrected chi connectivity index (χ2v) is 4.58. The monoisotopic (exact) mass is 243 g/mol. The third kappa shape index (κ3) is 3.75. The summed E-state index contributed by atoms with van der Waals surface area (Å²) in [6, 6.07) is 3.33. The molecule has 4 heteroatoms. The molecule has 0 aliphatic carbocycles. The van der Waals surface area contributed by atoms with Crippen LogP contribution < -0.4 is 5.32 Å². The molecule has 2 nitrogen and oxygen atoms in total. The first-order chi connectivity index (χ1) is 7.93. The molecule has 2 unspecified atom stereocenters. The zero-order chi connectivity index (χ0) is 13.0. The van der Waals surface area contributed by atoms with Crippen molar-refractivity contribution in [3.05, 3.63) is 35.4 Å². The first kappa shape index (κ1) is 14.1. The van der Waals surface area contributed by atoms with E-state index >= 15 is 0 Å². The Labute approximate surface area is 101 Å². The maximum absolute atomic E-state index is 13.4. The van der Waals surface area contributed by atoms with Gasteiger partial charge >= 0.3 is 0 Å². The predicted molar refractivity (Wildman–Crippen MR) is 63.6 cm³/mol. The maximum atomic E-state index is 13.4. The average molecular weight is 243 g/mol. The average Bonchev–Trinajstić information content (AvgIpc) is 2.25. The van der Waals surface area contributed by atoms with Gasteiger partial charge < -0.3 is 10.4 Å². The minimum absolute atomic E-state index is 0.0171. The number of aliphatic hydroxyl groups is 1. The molecule has 0 saturated heterocycles. The lowest BCUT2D eigenvalue weighted by Crippen LogP contribution is -2.32. The molecule has 0 heterocycles. The molecule has 0 fully saturated rings. The fraction of sp³-hybridized carbons (Fsp3) is 0.538. The van der Waals surface area contributed by atoms with E-state index in [-0.39, 0.29) is 11.5 Å². The quantitative estimate of drug-likeness (QED) is 0.833. The summed E-state index contributed by atoms with van der Waals surface area (Å²) in [5.41, 5.74) is 0.0171. The molecule has 2 atom stereocenters. The number of hydrogen-bond donors (Lipinski definition) is 2. The van der Waals surface area contributed by atoms with Gasteiger partial charge in [0.25, 0.3) is 0 Å². The second kappa shape index (κ2) is 6.07. The molecule has 0 aliphatic rings. The highest BCUT2D eigenvalue weighted by molar-refractivity contribution is 5.22. The van der Waals surface area contributed by atoms with Gasteiger partial charge in [0.2, 0.25) is 0 Å². The lowest BCUT2D eigenvalue weighted by Gasteiger charge is -2.20. The molecular weight excluding hydrogens is 224 g/mol. The van der Waals surface area contributed by atoms with Crippen LogP contribution in [0.15, 0.2) is 18.2 Å². The summed E-state index contributed by atoms with van der Waals surface area (Å²) in [6.07, 6.45) is -0.521. The van der Waals surface area contributed by atoms with E-state index in [2.05, 4.69) is 5.32 Å². The molecule has 0 aromatic heterocycles. The molecular formula is C13H19F2NO. The van der Waals surface area contributed by atoms with E-state index in [0.717, 1.165) is 0 Å². The Kier molecular flexibility index (Phi) is 5.02. The highest BCUT2D eigenvalue weighted by atomic mass is 19.1. The number of benzene rings is 1. The highest BCUT2D eigenvalue weighted by Gasteiger charge is 2.17. The summed E-state index contributed by atoms with van der Waals surface area (Å²) in [4.78, 5) is 0. The summed E-state index contributed by atoms with van der Waals surface area (Å²) < 4.78 is 26.9.